The fraction of sp³-hybridized carbons (Fsp3) is 0.909. The van der Waals surface area contributed by atoms with Gasteiger partial charge in [0.15, 0.2) is 0 Å². The molecule has 0 saturated carbocycles. The molecule has 0 radical (unpaired) electrons. The minimum Gasteiger partial charge on any atom is -0.302 e. The molecular weight excluding hydrogens is 160 g/mol. The van der Waals surface area contributed by atoms with Crippen LogP contribution in [0.3, 0.4) is 0 Å². The van der Waals surface area contributed by atoms with Crippen LogP contribution in [-0.2, 0) is 0 Å². The highest BCUT2D eigenvalue weighted by atomic mass is 15.1. The Balaban J connectivity index is 2.31. The van der Waals surface area contributed by atoms with Crippen LogP contribution < -0.4 is 0 Å². The number of nitrogens with zero attached hydrogens (tertiary/aromatic N) is 2. The van der Waals surface area contributed by atoms with Crippen LogP contribution in [0.25, 0.3) is 0 Å². The molecule has 1 fully saturated rings. The molecule has 1 aliphatic rings. The van der Waals surface area contributed by atoms with Gasteiger partial charge >= 0.3 is 0 Å². The fourth-order valence-electron chi connectivity index (χ4n) is 1.91. The Hall–Kier alpha value is -0.550. The van der Waals surface area contributed by atoms with Gasteiger partial charge in [0.25, 0.3) is 0 Å². The van der Waals surface area contributed by atoms with Crippen LogP contribution in [0.15, 0.2) is 0 Å². The van der Waals surface area contributed by atoms with Crippen molar-refractivity contribution < 1.29 is 0 Å². The second-order valence-corrected chi connectivity index (χ2v) is 3.98. The van der Waals surface area contributed by atoms with Crippen LogP contribution in [0, 0.1) is 17.2 Å². The van der Waals surface area contributed by atoms with Crippen molar-refractivity contribution in [2.45, 2.75) is 39.0 Å². The predicted molar refractivity (Wildman–Crippen MR) is 54.3 cm³/mol. The molecular formula is C11H20N2. The van der Waals surface area contributed by atoms with Gasteiger partial charge in [-0.1, -0.05) is 19.8 Å². The minimum atomic E-state index is 0.291. The van der Waals surface area contributed by atoms with Crippen molar-refractivity contribution in [1.29, 1.82) is 5.26 Å². The third-order valence-corrected chi connectivity index (χ3v) is 2.77. The van der Waals surface area contributed by atoms with Crippen LogP contribution >= 0.6 is 0 Å². The molecule has 1 aliphatic heterocycles. The van der Waals surface area contributed by atoms with Gasteiger partial charge in [-0.2, -0.15) is 5.26 Å². The molecule has 2 nitrogen and oxygen atoms in total. The van der Waals surface area contributed by atoms with E-state index in [0.29, 0.717) is 5.92 Å². The lowest BCUT2D eigenvalue weighted by Crippen LogP contribution is -2.28. The van der Waals surface area contributed by atoms with Gasteiger partial charge in [-0.3, -0.25) is 0 Å². The van der Waals surface area contributed by atoms with Crippen molar-refractivity contribution >= 4 is 0 Å². The van der Waals surface area contributed by atoms with E-state index in [0.717, 1.165) is 13.0 Å². The first-order chi connectivity index (χ1) is 6.36. The third-order valence-electron chi connectivity index (χ3n) is 2.77. The molecule has 0 N–H and O–H groups in total. The van der Waals surface area contributed by atoms with Gasteiger partial charge in [-0.15, -0.1) is 0 Å². The van der Waals surface area contributed by atoms with E-state index in [1.54, 1.807) is 0 Å². The molecule has 1 rings (SSSR count). The van der Waals surface area contributed by atoms with Crippen LogP contribution in [-0.4, -0.2) is 24.5 Å². The first kappa shape index (κ1) is 10.5. The van der Waals surface area contributed by atoms with Gasteiger partial charge in [0.1, 0.15) is 0 Å². The first-order valence-corrected chi connectivity index (χ1v) is 5.48. The maximum Gasteiger partial charge on any atom is 0.0669 e. The summed E-state index contributed by atoms with van der Waals surface area (Å²) in [5.74, 6) is 0.291. The van der Waals surface area contributed by atoms with Crippen molar-refractivity contribution in [2.75, 3.05) is 19.6 Å². The van der Waals surface area contributed by atoms with E-state index in [1.807, 2.05) is 0 Å². The molecule has 13 heavy (non-hydrogen) atoms. The summed E-state index contributed by atoms with van der Waals surface area (Å²) in [6.45, 7) is 5.63. The SMILES string of the molecule is CCCCN1CCCCC(C#N)C1. The average molecular weight is 180 g/mol. The normalized spacial score (nSPS) is 25.1. The average Bonchev–Trinajstić information content (AvgIpc) is 2.39. The summed E-state index contributed by atoms with van der Waals surface area (Å²) in [5, 5.41) is 8.88. The quantitative estimate of drug-likeness (QED) is 0.667. The topological polar surface area (TPSA) is 27.0 Å². The van der Waals surface area contributed by atoms with Crippen molar-refractivity contribution in [3.05, 3.63) is 0 Å². The second kappa shape index (κ2) is 5.99. The zero-order valence-corrected chi connectivity index (χ0v) is 8.63. The van der Waals surface area contributed by atoms with Gasteiger partial charge in [0.2, 0.25) is 0 Å². The lowest BCUT2D eigenvalue weighted by Gasteiger charge is -2.20. The summed E-state index contributed by atoms with van der Waals surface area (Å²) >= 11 is 0. The fourth-order valence-corrected chi connectivity index (χ4v) is 1.91. The van der Waals surface area contributed by atoms with Crippen LogP contribution in [0.5, 0.6) is 0 Å². The molecule has 0 spiro atoms. The monoisotopic (exact) mass is 180 g/mol. The highest BCUT2D eigenvalue weighted by molar-refractivity contribution is 4.86. The summed E-state index contributed by atoms with van der Waals surface area (Å²) in [6, 6.07) is 2.41. The highest BCUT2D eigenvalue weighted by Gasteiger charge is 2.16. The van der Waals surface area contributed by atoms with Gasteiger partial charge in [-0.25, -0.2) is 0 Å². The molecule has 74 valence electrons. The maximum atomic E-state index is 8.88. The van der Waals surface area contributed by atoms with E-state index in [4.69, 9.17) is 5.26 Å². The third kappa shape index (κ3) is 3.78. The zero-order valence-electron chi connectivity index (χ0n) is 8.63. The molecule has 0 aromatic carbocycles. The Labute approximate surface area is 81.5 Å². The molecule has 2 heteroatoms. The van der Waals surface area contributed by atoms with Gasteiger partial charge in [0, 0.05) is 6.54 Å². The van der Waals surface area contributed by atoms with Gasteiger partial charge in [-0.05, 0) is 32.4 Å². The number of nitriles is 1. The molecule has 0 aliphatic carbocycles. The summed E-state index contributed by atoms with van der Waals surface area (Å²) in [7, 11) is 0. The van der Waals surface area contributed by atoms with E-state index < -0.39 is 0 Å². The molecule has 0 aromatic rings. The smallest absolute Gasteiger partial charge is 0.0669 e. The Morgan fingerprint density at radius 3 is 3.00 bits per heavy atom. The van der Waals surface area contributed by atoms with Crippen molar-refractivity contribution in [3.63, 3.8) is 0 Å². The van der Waals surface area contributed by atoms with Gasteiger partial charge in [0.05, 0.1) is 12.0 Å². The molecule has 1 heterocycles. The lowest BCUT2D eigenvalue weighted by atomic mass is 10.1. The van der Waals surface area contributed by atoms with Gasteiger partial charge < -0.3 is 4.90 Å². The predicted octanol–water partition coefficient (Wildman–Crippen LogP) is 2.41. The number of hydrogen-bond acceptors (Lipinski definition) is 2. The van der Waals surface area contributed by atoms with E-state index in [9.17, 15) is 0 Å². The Morgan fingerprint density at radius 2 is 2.31 bits per heavy atom. The molecule has 0 bridgehead atoms. The number of likely N-dealkylation sites (tertiary alicyclic amines) is 1. The zero-order chi connectivity index (χ0) is 9.52. The minimum absolute atomic E-state index is 0.291. The van der Waals surface area contributed by atoms with Crippen LogP contribution in [0.1, 0.15) is 39.0 Å². The van der Waals surface area contributed by atoms with E-state index in [2.05, 4.69) is 17.9 Å². The van der Waals surface area contributed by atoms with E-state index in [-0.39, 0.29) is 0 Å². The first-order valence-electron chi connectivity index (χ1n) is 5.48. The Bertz CT molecular complexity index is 171. The van der Waals surface area contributed by atoms with Crippen LogP contribution in [0.2, 0.25) is 0 Å². The molecule has 0 amide bonds. The number of rotatable bonds is 3. The van der Waals surface area contributed by atoms with E-state index in [1.165, 1.54) is 38.8 Å². The molecule has 1 atom stereocenters. The molecule has 1 unspecified atom stereocenters. The van der Waals surface area contributed by atoms with Crippen molar-refractivity contribution in [1.82, 2.24) is 4.90 Å². The summed E-state index contributed by atoms with van der Waals surface area (Å²) in [5.41, 5.74) is 0. The number of unbranched alkanes of at least 4 members (excludes halogenated alkanes) is 1. The highest BCUT2D eigenvalue weighted by Crippen LogP contribution is 2.15. The Morgan fingerprint density at radius 1 is 1.46 bits per heavy atom. The molecule has 1 saturated heterocycles. The maximum absolute atomic E-state index is 8.88. The largest absolute Gasteiger partial charge is 0.302 e. The Kier molecular flexibility index (Phi) is 4.85. The molecule has 0 aromatic heterocycles. The van der Waals surface area contributed by atoms with Crippen LogP contribution in [0.4, 0.5) is 0 Å². The van der Waals surface area contributed by atoms with E-state index >= 15 is 0 Å². The summed E-state index contributed by atoms with van der Waals surface area (Å²) in [6.07, 6.45) is 6.16. The number of hydrogen-bond donors (Lipinski definition) is 0. The summed E-state index contributed by atoms with van der Waals surface area (Å²) in [4.78, 5) is 2.46. The lowest BCUT2D eigenvalue weighted by molar-refractivity contribution is 0.263. The summed E-state index contributed by atoms with van der Waals surface area (Å²) < 4.78 is 0. The standard InChI is InChI=1S/C11H20N2/c1-2-3-7-13-8-5-4-6-11(9-12)10-13/h11H,2-8,10H2,1H3. The second-order valence-electron chi connectivity index (χ2n) is 3.98. The van der Waals surface area contributed by atoms with Crippen molar-refractivity contribution in [2.24, 2.45) is 5.92 Å². The van der Waals surface area contributed by atoms with Crippen molar-refractivity contribution in [3.8, 4) is 6.07 Å².